The number of hydrogen-bond acceptors (Lipinski definition) is 4. The summed E-state index contributed by atoms with van der Waals surface area (Å²) < 4.78 is 67.0. The van der Waals surface area contributed by atoms with Gasteiger partial charge >= 0.3 is 6.18 Å². The Balaban J connectivity index is 1.71. The molecular weight excluding hydrogens is 385 g/mol. The van der Waals surface area contributed by atoms with Gasteiger partial charge in [0.2, 0.25) is 15.9 Å². The van der Waals surface area contributed by atoms with Gasteiger partial charge in [0.1, 0.15) is 6.61 Å². The number of fused-ring (bicyclic) bond motifs is 1. The molecule has 0 aliphatic heterocycles. The highest BCUT2D eigenvalue weighted by atomic mass is 32.2. The lowest BCUT2D eigenvalue weighted by Crippen LogP contribution is -2.33. The zero-order valence-corrected chi connectivity index (χ0v) is 15.6. The van der Waals surface area contributed by atoms with Crippen molar-refractivity contribution in [2.75, 3.05) is 26.3 Å². The predicted molar refractivity (Wildman–Crippen MR) is 92.8 cm³/mol. The largest absolute Gasteiger partial charge is 0.411 e. The van der Waals surface area contributed by atoms with Crippen molar-refractivity contribution in [1.82, 2.24) is 10.0 Å². The molecule has 1 aliphatic carbocycles. The topological polar surface area (TPSA) is 84.5 Å². The van der Waals surface area contributed by atoms with Gasteiger partial charge in [-0.05, 0) is 48.9 Å². The molecule has 0 bridgehead atoms. The van der Waals surface area contributed by atoms with E-state index < -0.39 is 28.7 Å². The number of ether oxygens (including phenoxy) is 1. The Morgan fingerprint density at radius 2 is 1.81 bits per heavy atom. The summed E-state index contributed by atoms with van der Waals surface area (Å²) in [6.07, 6.45) is -0.569. The van der Waals surface area contributed by atoms with Crippen molar-refractivity contribution in [3.05, 3.63) is 29.3 Å². The SMILES string of the molecule is O=C(CCNS(=O)(=O)c1ccc2c(c1)CCCC2)NCCOCC(F)(F)F. The standard InChI is InChI=1S/C17H23F3N2O4S/c18-17(19,20)12-26-10-9-21-16(23)7-8-22-27(24,25)15-6-5-13-3-1-2-4-14(13)11-15/h5-6,11,22H,1-4,7-10,12H2,(H,21,23). The fourth-order valence-corrected chi connectivity index (χ4v) is 3.88. The van der Waals surface area contributed by atoms with Crippen LogP contribution in [0.5, 0.6) is 0 Å². The monoisotopic (exact) mass is 408 g/mol. The molecule has 2 N–H and O–H groups in total. The van der Waals surface area contributed by atoms with Crippen molar-refractivity contribution in [3.8, 4) is 0 Å². The molecule has 0 atom stereocenters. The average Bonchev–Trinajstić information content (AvgIpc) is 2.60. The molecule has 0 aromatic heterocycles. The van der Waals surface area contributed by atoms with E-state index in [1.807, 2.05) is 6.07 Å². The molecule has 1 aromatic carbocycles. The van der Waals surface area contributed by atoms with E-state index in [4.69, 9.17) is 0 Å². The van der Waals surface area contributed by atoms with E-state index in [2.05, 4.69) is 14.8 Å². The fourth-order valence-electron chi connectivity index (χ4n) is 2.80. The minimum absolute atomic E-state index is 0.0769. The van der Waals surface area contributed by atoms with Crippen molar-refractivity contribution in [3.63, 3.8) is 0 Å². The number of nitrogens with one attached hydrogen (secondary N) is 2. The summed E-state index contributed by atoms with van der Waals surface area (Å²) >= 11 is 0. The van der Waals surface area contributed by atoms with Gasteiger partial charge in [0.15, 0.2) is 0 Å². The molecule has 6 nitrogen and oxygen atoms in total. The van der Waals surface area contributed by atoms with Gasteiger partial charge < -0.3 is 10.1 Å². The third-order valence-corrected chi connectivity index (χ3v) is 5.57. The Kier molecular flexibility index (Phi) is 7.63. The molecule has 0 radical (unpaired) electrons. The maximum absolute atomic E-state index is 12.3. The minimum Gasteiger partial charge on any atom is -0.370 e. The van der Waals surface area contributed by atoms with Crippen molar-refractivity contribution >= 4 is 15.9 Å². The number of halogens is 3. The Labute approximate surface area is 156 Å². The minimum atomic E-state index is -4.40. The predicted octanol–water partition coefficient (Wildman–Crippen LogP) is 1.93. The van der Waals surface area contributed by atoms with E-state index in [1.165, 1.54) is 5.56 Å². The van der Waals surface area contributed by atoms with Crippen LogP contribution in [0.15, 0.2) is 23.1 Å². The highest BCUT2D eigenvalue weighted by Gasteiger charge is 2.27. The Hall–Kier alpha value is -1.65. The van der Waals surface area contributed by atoms with Crippen molar-refractivity contribution in [2.45, 2.75) is 43.2 Å². The molecule has 0 saturated heterocycles. The molecule has 1 amide bonds. The second kappa shape index (κ2) is 9.52. The molecule has 10 heteroatoms. The lowest BCUT2D eigenvalue weighted by Gasteiger charge is -2.16. The van der Waals surface area contributed by atoms with Crippen LogP contribution in [0.1, 0.15) is 30.4 Å². The second-order valence-corrected chi connectivity index (χ2v) is 8.07. The number of aryl methyl sites for hydroxylation is 2. The lowest BCUT2D eigenvalue weighted by atomic mass is 9.92. The van der Waals surface area contributed by atoms with Crippen LogP contribution in [-0.4, -0.2) is 46.8 Å². The molecule has 0 spiro atoms. The summed E-state index contributed by atoms with van der Waals surface area (Å²) in [4.78, 5) is 11.8. The van der Waals surface area contributed by atoms with E-state index in [9.17, 15) is 26.4 Å². The first-order valence-corrected chi connectivity index (χ1v) is 10.2. The highest BCUT2D eigenvalue weighted by Crippen LogP contribution is 2.24. The van der Waals surface area contributed by atoms with Gasteiger partial charge in [0.05, 0.1) is 11.5 Å². The first kappa shape index (κ1) is 21.6. The molecule has 0 unspecified atom stereocenters. The molecule has 1 aromatic rings. The summed E-state index contributed by atoms with van der Waals surface area (Å²) in [7, 11) is -3.71. The third-order valence-electron chi connectivity index (χ3n) is 4.11. The van der Waals surface area contributed by atoms with Crippen molar-refractivity contribution in [2.24, 2.45) is 0 Å². The first-order valence-electron chi connectivity index (χ1n) is 8.70. The molecule has 0 saturated carbocycles. The summed E-state index contributed by atoms with van der Waals surface area (Å²) in [6, 6.07) is 5.07. The van der Waals surface area contributed by atoms with Crippen LogP contribution < -0.4 is 10.0 Å². The van der Waals surface area contributed by atoms with Gasteiger partial charge in [-0.2, -0.15) is 13.2 Å². The molecule has 1 aliphatic rings. The van der Waals surface area contributed by atoms with Gasteiger partial charge in [-0.15, -0.1) is 0 Å². The number of rotatable bonds is 9. The summed E-state index contributed by atoms with van der Waals surface area (Å²) in [5.41, 5.74) is 2.22. The number of sulfonamides is 1. The van der Waals surface area contributed by atoms with Crippen LogP contribution in [-0.2, 0) is 32.4 Å². The number of carbonyl (C=O) groups is 1. The quantitative estimate of drug-likeness (QED) is 0.612. The zero-order chi connectivity index (χ0) is 19.9. The maximum atomic E-state index is 12.3. The Morgan fingerprint density at radius 3 is 2.52 bits per heavy atom. The van der Waals surface area contributed by atoms with Crippen LogP contribution >= 0.6 is 0 Å². The van der Waals surface area contributed by atoms with Gasteiger partial charge in [-0.1, -0.05) is 6.07 Å². The average molecular weight is 408 g/mol. The maximum Gasteiger partial charge on any atom is 0.411 e. The van der Waals surface area contributed by atoms with Crippen LogP contribution in [0.2, 0.25) is 0 Å². The number of carbonyl (C=O) groups excluding carboxylic acids is 1. The van der Waals surface area contributed by atoms with E-state index in [0.29, 0.717) is 0 Å². The smallest absolute Gasteiger partial charge is 0.370 e. The van der Waals surface area contributed by atoms with Crippen LogP contribution in [0.25, 0.3) is 0 Å². The van der Waals surface area contributed by atoms with Gasteiger partial charge in [0, 0.05) is 19.5 Å². The van der Waals surface area contributed by atoms with Gasteiger partial charge in [0.25, 0.3) is 0 Å². The number of alkyl halides is 3. The van der Waals surface area contributed by atoms with Crippen molar-refractivity contribution in [1.29, 1.82) is 0 Å². The summed E-state index contributed by atoms with van der Waals surface area (Å²) in [6.45, 7) is -1.82. The van der Waals surface area contributed by atoms with E-state index in [0.717, 1.165) is 31.2 Å². The number of benzene rings is 1. The molecule has 0 heterocycles. The number of amides is 1. The molecule has 27 heavy (non-hydrogen) atoms. The lowest BCUT2D eigenvalue weighted by molar-refractivity contribution is -0.173. The van der Waals surface area contributed by atoms with Gasteiger partial charge in [-0.3, -0.25) is 4.79 Å². The van der Waals surface area contributed by atoms with Crippen molar-refractivity contribution < 1.29 is 31.1 Å². The normalized spacial score (nSPS) is 14.6. The summed E-state index contributed by atoms with van der Waals surface area (Å²) in [5, 5.41) is 2.37. The van der Waals surface area contributed by atoms with Crippen LogP contribution in [0.4, 0.5) is 13.2 Å². The van der Waals surface area contributed by atoms with Crippen LogP contribution in [0.3, 0.4) is 0 Å². The molecule has 2 rings (SSSR count). The van der Waals surface area contributed by atoms with E-state index >= 15 is 0 Å². The molecule has 0 fully saturated rings. The third kappa shape index (κ3) is 7.47. The Bertz CT molecular complexity index is 751. The number of hydrogen-bond donors (Lipinski definition) is 2. The molecule has 152 valence electrons. The Morgan fingerprint density at radius 1 is 1.11 bits per heavy atom. The van der Waals surface area contributed by atoms with E-state index in [-0.39, 0.29) is 31.0 Å². The second-order valence-electron chi connectivity index (χ2n) is 6.30. The molecular formula is C17H23F3N2O4S. The first-order chi connectivity index (χ1) is 12.7. The zero-order valence-electron chi connectivity index (χ0n) is 14.8. The summed E-state index contributed by atoms with van der Waals surface area (Å²) in [5.74, 6) is -0.473. The van der Waals surface area contributed by atoms with Crippen LogP contribution in [0, 0.1) is 0 Å². The van der Waals surface area contributed by atoms with Gasteiger partial charge in [-0.25, -0.2) is 13.1 Å². The fraction of sp³-hybridized carbons (Fsp3) is 0.588. The highest BCUT2D eigenvalue weighted by molar-refractivity contribution is 7.89. The van der Waals surface area contributed by atoms with E-state index in [1.54, 1.807) is 12.1 Å².